The largest absolute Gasteiger partial charge is 0.497 e. The van der Waals surface area contributed by atoms with E-state index in [1.54, 1.807) is 19.2 Å². The Morgan fingerprint density at radius 3 is 2.32 bits per heavy atom. The van der Waals surface area contributed by atoms with Gasteiger partial charge in [0.25, 0.3) is 0 Å². The van der Waals surface area contributed by atoms with Crippen LogP contribution in [0.2, 0.25) is 0 Å². The molecule has 0 aliphatic heterocycles. The minimum absolute atomic E-state index is 0.244. The summed E-state index contributed by atoms with van der Waals surface area (Å²) in [5.74, 6) is 0.567. The highest BCUT2D eigenvalue weighted by Gasteiger charge is 2.09. The summed E-state index contributed by atoms with van der Waals surface area (Å²) in [5, 5.41) is 0. The van der Waals surface area contributed by atoms with E-state index in [1.165, 1.54) is 12.1 Å². The summed E-state index contributed by atoms with van der Waals surface area (Å²) in [6.07, 6.45) is 1.94. The van der Waals surface area contributed by atoms with Crippen LogP contribution in [0, 0.1) is 5.82 Å². The molecule has 3 aromatic rings. The predicted octanol–water partition coefficient (Wildman–Crippen LogP) is 4.69. The molecule has 0 saturated heterocycles. The zero-order chi connectivity index (χ0) is 15.5. The lowest BCUT2D eigenvalue weighted by Crippen LogP contribution is -1.99. The Balaban J connectivity index is 1.96. The van der Waals surface area contributed by atoms with Crippen LogP contribution in [0.4, 0.5) is 4.39 Å². The molecule has 0 N–H and O–H groups in total. The molecule has 2 aromatic carbocycles. The Kier molecular flexibility index (Phi) is 3.79. The number of hydrogen-bond acceptors (Lipinski definition) is 1. The highest BCUT2D eigenvalue weighted by Crippen LogP contribution is 2.26. The van der Waals surface area contributed by atoms with Crippen LogP contribution in [0.15, 0.2) is 73.4 Å². The van der Waals surface area contributed by atoms with Gasteiger partial charge in [-0.1, -0.05) is 18.7 Å². The van der Waals surface area contributed by atoms with Crippen LogP contribution in [0.3, 0.4) is 0 Å². The molecular weight excluding hydrogens is 277 g/mol. The number of methoxy groups -OCH3 is 1. The standard InChI is InChI=1S/C19H16FNO/c1-14(15-5-11-18(22-2)12-6-15)19-4-3-13-21(19)17-9-7-16(20)8-10-17/h3-13H,1H2,2H3. The van der Waals surface area contributed by atoms with Crippen molar-refractivity contribution in [2.24, 2.45) is 0 Å². The van der Waals surface area contributed by atoms with Crippen molar-refractivity contribution in [1.29, 1.82) is 0 Å². The fourth-order valence-electron chi connectivity index (χ4n) is 2.39. The number of halogens is 1. The summed E-state index contributed by atoms with van der Waals surface area (Å²) in [5.41, 5.74) is 3.78. The molecule has 1 aromatic heterocycles. The molecule has 0 atom stereocenters. The van der Waals surface area contributed by atoms with Gasteiger partial charge in [-0.25, -0.2) is 4.39 Å². The van der Waals surface area contributed by atoms with Crippen LogP contribution in [0.1, 0.15) is 11.3 Å². The van der Waals surface area contributed by atoms with Crippen molar-refractivity contribution in [3.63, 3.8) is 0 Å². The van der Waals surface area contributed by atoms with Gasteiger partial charge in [-0.15, -0.1) is 0 Å². The van der Waals surface area contributed by atoms with E-state index in [2.05, 4.69) is 6.58 Å². The van der Waals surface area contributed by atoms with E-state index in [9.17, 15) is 4.39 Å². The Labute approximate surface area is 129 Å². The Morgan fingerprint density at radius 2 is 1.68 bits per heavy atom. The van der Waals surface area contributed by atoms with E-state index in [1.807, 2.05) is 47.2 Å². The first-order chi connectivity index (χ1) is 10.7. The van der Waals surface area contributed by atoms with Gasteiger partial charge >= 0.3 is 0 Å². The van der Waals surface area contributed by atoms with Gasteiger partial charge in [-0.3, -0.25) is 0 Å². The maximum absolute atomic E-state index is 13.1. The number of aromatic nitrogens is 1. The van der Waals surface area contributed by atoms with E-state index in [-0.39, 0.29) is 5.82 Å². The molecule has 3 heteroatoms. The Morgan fingerprint density at radius 1 is 1.00 bits per heavy atom. The molecule has 0 radical (unpaired) electrons. The summed E-state index contributed by atoms with van der Waals surface area (Å²) in [6.45, 7) is 4.19. The quantitative estimate of drug-likeness (QED) is 0.681. The van der Waals surface area contributed by atoms with Crippen molar-refractivity contribution in [3.8, 4) is 11.4 Å². The van der Waals surface area contributed by atoms with Crippen molar-refractivity contribution in [2.75, 3.05) is 7.11 Å². The molecule has 0 unspecified atom stereocenters. The minimum Gasteiger partial charge on any atom is -0.497 e. The molecule has 0 amide bonds. The summed E-state index contributed by atoms with van der Waals surface area (Å²) < 4.78 is 20.3. The fourth-order valence-corrected chi connectivity index (χ4v) is 2.39. The molecule has 1 heterocycles. The highest BCUT2D eigenvalue weighted by molar-refractivity contribution is 5.77. The highest BCUT2D eigenvalue weighted by atomic mass is 19.1. The number of nitrogens with zero attached hydrogens (tertiary/aromatic N) is 1. The predicted molar refractivity (Wildman–Crippen MR) is 86.9 cm³/mol. The van der Waals surface area contributed by atoms with Gasteiger partial charge in [0.05, 0.1) is 12.8 Å². The Hall–Kier alpha value is -2.81. The molecule has 3 rings (SSSR count). The van der Waals surface area contributed by atoms with Crippen LogP contribution in [-0.2, 0) is 0 Å². The molecule has 110 valence electrons. The first-order valence-corrected chi connectivity index (χ1v) is 6.96. The van der Waals surface area contributed by atoms with Crippen LogP contribution in [-0.4, -0.2) is 11.7 Å². The molecule has 0 spiro atoms. The summed E-state index contributed by atoms with van der Waals surface area (Å²) in [4.78, 5) is 0. The maximum atomic E-state index is 13.1. The van der Waals surface area contributed by atoms with E-state index < -0.39 is 0 Å². The smallest absolute Gasteiger partial charge is 0.123 e. The number of rotatable bonds is 4. The van der Waals surface area contributed by atoms with E-state index in [0.717, 1.165) is 28.3 Å². The first kappa shape index (κ1) is 14.1. The first-order valence-electron chi connectivity index (χ1n) is 6.96. The van der Waals surface area contributed by atoms with Crippen LogP contribution in [0.25, 0.3) is 11.3 Å². The third kappa shape index (κ3) is 2.66. The van der Waals surface area contributed by atoms with Crippen molar-refractivity contribution < 1.29 is 9.13 Å². The van der Waals surface area contributed by atoms with Crippen molar-refractivity contribution in [2.45, 2.75) is 0 Å². The molecule has 0 aliphatic rings. The molecule has 0 saturated carbocycles. The lowest BCUT2D eigenvalue weighted by atomic mass is 10.0. The number of ether oxygens (including phenoxy) is 1. The van der Waals surface area contributed by atoms with E-state index in [4.69, 9.17) is 4.74 Å². The third-order valence-corrected chi connectivity index (χ3v) is 3.60. The average molecular weight is 293 g/mol. The third-order valence-electron chi connectivity index (χ3n) is 3.60. The van der Waals surface area contributed by atoms with Gasteiger partial charge in [0, 0.05) is 11.9 Å². The van der Waals surface area contributed by atoms with E-state index >= 15 is 0 Å². The normalized spacial score (nSPS) is 10.5. The average Bonchev–Trinajstić information content (AvgIpc) is 3.04. The van der Waals surface area contributed by atoms with Gasteiger partial charge in [0.2, 0.25) is 0 Å². The second-order valence-corrected chi connectivity index (χ2v) is 4.95. The minimum atomic E-state index is -0.244. The van der Waals surface area contributed by atoms with Crippen molar-refractivity contribution >= 4 is 5.57 Å². The second-order valence-electron chi connectivity index (χ2n) is 4.95. The van der Waals surface area contributed by atoms with Gasteiger partial charge in [0.1, 0.15) is 11.6 Å². The number of benzene rings is 2. The molecule has 0 fully saturated rings. The Bertz CT molecular complexity index is 785. The molecule has 22 heavy (non-hydrogen) atoms. The van der Waals surface area contributed by atoms with Gasteiger partial charge in [-0.05, 0) is 59.7 Å². The summed E-state index contributed by atoms with van der Waals surface area (Å²) in [6, 6.07) is 18.1. The zero-order valence-corrected chi connectivity index (χ0v) is 12.3. The topological polar surface area (TPSA) is 14.2 Å². The summed E-state index contributed by atoms with van der Waals surface area (Å²) >= 11 is 0. The van der Waals surface area contributed by atoms with Crippen LogP contribution in [0.5, 0.6) is 5.75 Å². The molecule has 0 bridgehead atoms. The van der Waals surface area contributed by atoms with Gasteiger partial charge < -0.3 is 9.30 Å². The number of hydrogen-bond donors (Lipinski definition) is 0. The van der Waals surface area contributed by atoms with Crippen LogP contribution >= 0.6 is 0 Å². The SMILES string of the molecule is C=C(c1ccc(OC)cc1)c1cccn1-c1ccc(F)cc1. The van der Waals surface area contributed by atoms with Crippen molar-refractivity contribution in [3.05, 3.63) is 90.5 Å². The fraction of sp³-hybridized carbons (Fsp3) is 0.0526. The zero-order valence-electron chi connectivity index (χ0n) is 12.3. The lowest BCUT2D eigenvalue weighted by Gasteiger charge is -2.12. The van der Waals surface area contributed by atoms with Crippen LogP contribution < -0.4 is 4.74 Å². The van der Waals surface area contributed by atoms with Gasteiger partial charge in [-0.2, -0.15) is 0 Å². The molecular formula is C19H16FNO. The van der Waals surface area contributed by atoms with E-state index in [0.29, 0.717) is 0 Å². The van der Waals surface area contributed by atoms with Crippen molar-refractivity contribution in [1.82, 2.24) is 4.57 Å². The lowest BCUT2D eigenvalue weighted by molar-refractivity contribution is 0.415. The summed E-state index contributed by atoms with van der Waals surface area (Å²) in [7, 11) is 1.64. The molecule has 2 nitrogen and oxygen atoms in total. The second kappa shape index (κ2) is 5.90. The molecule has 0 aliphatic carbocycles. The van der Waals surface area contributed by atoms with Gasteiger partial charge in [0.15, 0.2) is 0 Å². The maximum Gasteiger partial charge on any atom is 0.123 e. The monoisotopic (exact) mass is 293 g/mol.